The van der Waals surface area contributed by atoms with Crippen LogP contribution in [-0.2, 0) is 16.2 Å². The zero-order valence-corrected chi connectivity index (χ0v) is 22.1. The molecule has 36 heavy (non-hydrogen) atoms. The predicted molar refractivity (Wildman–Crippen MR) is 143 cm³/mol. The first kappa shape index (κ1) is 25.5. The van der Waals surface area contributed by atoms with Gasteiger partial charge in [-0.25, -0.2) is 9.69 Å². The van der Waals surface area contributed by atoms with Crippen molar-refractivity contribution in [3.05, 3.63) is 86.0 Å². The average molecular weight is 619 g/mol. The van der Waals surface area contributed by atoms with Crippen LogP contribution in [0.15, 0.2) is 66.2 Å². The molecule has 0 spiro atoms. The van der Waals surface area contributed by atoms with E-state index in [0.717, 1.165) is 14.0 Å². The van der Waals surface area contributed by atoms with Crippen LogP contribution in [0.4, 0.5) is 10.5 Å². The number of methoxy groups -OCH3 is 2. The van der Waals surface area contributed by atoms with Gasteiger partial charge in [-0.05, 0) is 76.7 Å². The number of ether oxygens (including phenoxy) is 3. The topological polar surface area (TPSA) is 94.2 Å². The fraction of sp³-hybridized carbons (Fsp3) is 0.115. The van der Waals surface area contributed by atoms with Gasteiger partial charge in [0.1, 0.15) is 17.9 Å². The van der Waals surface area contributed by atoms with Gasteiger partial charge in [0.25, 0.3) is 11.8 Å². The van der Waals surface area contributed by atoms with Crippen molar-refractivity contribution in [2.75, 3.05) is 19.1 Å². The molecular weight excluding hydrogens is 599 g/mol. The number of nitrogens with zero attached hydrogens (tertiary/aromatic N) is 1. The molecule has 1 heterocycles. The molecule has 1 N–H and O–H groups in total. The van der Waals surface area contributed by atoms with Crippen LogP contribution in [-0.4, -0.2) is 32.1 Å². The van der Waals surface area contributed by atoms with Crippen molar-refractivity contribution in [3.63, 3.8) is 0 Å². The fourth-order valence-corrected chi connectivity index (χ4v) is 4.58. The number of amides is 4. The molecule has 4 amide bonds. The Morgan fingerprint density at radius 2 is 1.72 bits per heavy atom. The lowest BCUT2D eigenvalue weighted by atomic mass is 10.1. The van der Waals surface area contributed by atoms with Crippen LogP contribution >= 0.6 is 34.2 Å². The monoisotopic (exact) mass is 618 g/mol. The number of imide groups is 2. The van der Waals surface area contributed by atoms with Crippen molar-refractivity contribution in [3.8, 4) is 17.2 Å². The first-order valence-corrected chi connectivity index (χ1v) is 12.1. The highest BCUT2D eigenvalue weighted by molar-refractivity contribution is 14.1. The van der Waals surface area contributed by atoms with E-state index in [1.54, 1.807) is 42.5 Å². The standard InChI is InChI=1S/C26H20ClIN2O6/c1-34-22-13-15(12-21(28)23(22)35-2)11-19-24(31)29-26(33)30(25(19)32)17-7-9-18(10-8-17)36-14-16-5-3-4-6-20(16)27/h3-13H,14H2,1-2H3,(H,29,31,33)/b19-11+. The Balaban J connectivity index is 1.57. The largest absolute Gasteiger partial charge is 0.493 e. The number of carbonyl (C=O) groups is 3. The first-order valence-electron chi connectivity index (χ1n) is 10.6. The Kier molecular flexibility index (Phi) is 7.80. The van der Waals surface area contributed by atoms with Gasteiger partial charge in [0, 0.05) is 10.6 Å². The molecule has 0 bridgehead atoms. The van der Waals surface area contributed by atoms with E-state index < -0.39 is 17.8 Å². The number of hydrogen-bond acceptors (Lipinski definition) is 6. The van der Waals surface area contributed by atoms with Crippen LogP contribution in [0, 0.1) is 3.57 Å². The van der Waals surface area contributed by atoms with Gasteiger partial charge in [0.2, 0.25) is 0 Å². The van der Waals surface area contributed by atoms with Crippen LogP contribution in [0.5, 0.6) is 17.2 Å². The maximum Gasteiger partial charge on any atom is 0.335 e. The van der Waals surface area contributed by atoms with Gasteiger partial charge in [-0.1, -0.05) is 29.8 Å². The van der Waals surface area contributed by atoms with Crippen LogP contribution in [0.3, 0.4) is 0 Å². The highest BCUT2D eigenvalue weighted by atomic mass is 127. The molecule has 4 rings (SSSR count). The van der Waals surface area contributed by atoms with E-state index in [1.165, 1.54) is 20.3 Å². The van der Waals surface area contributed by atoms with Crippen LogP contribution in [0.1, 0.15) is 11.1 Å². The normalized spacial score (nSPS) is 14.6. The molecule has 0 radical (unpaired) electrons. The molecule has 1 aliphatic heterocycles. The summed E-state index contributed by atoms with van der Waals surface area (Å²) in [7, 11) is 3.01. The zero-order valence-electron chi connectivity index (χ0n) is 19.2. The van der Waals surface area contributed by atoms with E-state index in [4.69, 9.17) is 25.8 Å². The second kappa shape index (κ2) is 11.0. The van der Waals surface area contributed by atoms with Gasteiger partial charge in [0.15, 0.2) is 11.5 Å². The van der Waals surface area contributed by atoms with Gasteiger partial charge in [-0.15, -0.1) is 0 Å². The lowest BCUT2D eigenvalue weighted by Gasteiger charge is -2.26. The molecule has 1 saturated heterocycles. The van der Waals surface area contributed by atoms with Gasteiger partial charge < -0.3 is 14.2 Å². The van der Waals surface area contributed by atoms with Crippen molar-refractivity contribution in [2.45, 2.75) is 6.61 Å². The second-order valence-electron chi connectivity index (χ2n) is 7.57. The Hall–Kier alpha value is -3.57. The molecule has 184 valence electrons. The summed E-state index contributed by atoms with van der Waals surface area (Å²) in [6.45, 7) is 0.258. The van der Waals surface area contributed by atoms with Gasteiger partial charge >= 0.3 is 6.03 Å². The fourth-order valence-electron chi connectivity index (χ4n) is 3.55. The maximum atomic E-state index is 13.2. The highest BCUT2D eigenvalue weighted by Crippen LogP contribution is 2.34. The van der Waals surface area contributed by atoms with Crippen molar-refractivity contribution in [1.82, 2.24) is 5.32 Å². The number of rotatable bonds is 7. The third-order valence-electron chi connectivity index (χ3n) is 5.32. The average Bonchev–Trinajstić information content (AvgIpc) is 2.86. The summed E-state index contributed by atoms with van der Waals surface area (Å²) in [5.74, 6) is -0.0344. The van der Waals surface area contributed by atoms with E-state index >= 15 is 0 Å². The molecule has 8 nitrogen and oxygen atoms in total. The zero-order chi connectivity index (χ0) is 25.8. The summed E-state index contributed by atoms with van der Waals surface area (Å²) in [5.41, 5.74) is 1.44. The predicted octanol–water partition coefficient (Wildman–Crippen LogP) is 5.21. The molecule has 3 aromatic rings. The molecule has 0 aliphatic carbocycles. The molecule has 0 aromatic heterocycles. The minimum absolute atomic E-state index is 0.198. The molecule has 0 unspecified atom stereocenters. The lowest BCUT2D eigenvalue weighted by Crippen LogP contribution is -2.54. The number of urea groups is 1. The van der Waals surface area contributed by atoms with Crippen molar-refractivity contribution in [2.24, 2.45) is 0 Å². The lowest BCUT2D eigenvalue weighted by molar-refractivity contribution is -0.122. The Morgan fingerprint density at radius 1 is 1.00 bits per heavy atom. The first-order chi connectivity index (χ1) is 17.3. The molecule has 0 saturated carbocycles. The Morgan fingerprint density at radius 3 is 2.39 bits per heavy atom. The second-order valence-corrected chi connectivity index (χ2v) is 9.14. The molecular formula is C26H20ClIN2O6. The minimum atomic E-state index is -0.839. The molecule has 1 fully saturated rings. The number of halogens is 2. The van der Waals surface area contributed by atoms with Crippen LogP contribution in [0.2, 0.25) is 5.02 Å². The molecule has 1 aliphatic rings. The quantitative estimate of drug-likeness (QED) is 0.222. The third-order valence-corrected chi connectivity index (χ3v) is 6.49. The number of hydrogen-bond donors (Lipinski definition) is 1. The molecule has 10 heteroatoms. The van der Waals surface area contributed by atoms with E-state index in [2.05, 4.69) is 27.9 Å². The number of nitrogens with one attached hydrogen (secondary N) is 1. The summed E-state index contributed by atoms with van der Waals surface area (Å²) < 4.78 is 17.2. The highest BCUT2D eigenvalue weighted by Gasteiger charge is 2.37. The van der Waals surface area contributed by atoms with E-state index in [9.17, 15) is 14.4 Å². The molecule has 3 aromatic carbocycles. The Labute approximate surface area is 225 Å². The number of benzene rings is 3. The van der Waals surface area contributed by atoms with Gasteiger partial charge in [-0.2, -0.15) is 0 Å². The summed E-state index contributed by atoms with van der Waals surface area (Å²) in [4.78, 5) is 39.2. The Bertz CT molecular complexity index is 1370. The number of barbiturate groups is 1. The third kappa shape index (κ3) is 5.31. The van der Waals surface area contributed by atoms with E-state index in [1.807, 2.05) is 18.2 Å². The smallest absolute Gasteiger partial charge is 0.335 e. The molecule has 0 atom stereocenters. The van der Waals surface area contributed by atoms with Crippen molar-refractivity contribution in [1.29, 1.82) is 0 Å². The van der Waals surface area contributed by atoms with Crippen molar-refractivity contribution >= 4 is 63.8 Å². The summed E-state index contributed by atoms with van der Waals surface area (Å²) in [6.07, 6.45) is 1.41. The maximum absolute atomic E-state index is 13.2. The van der Waals surface area contributed by atoms with Crippen molar-refractivity contribution < 1.29 is 28.6 Å². The van der Waals surface area contributed by atoms with Crippen LogP contribution < -0.4 is 24.4 Å². The van der Waals surface area contributed by atoms with Crippen LogP contribution in [0.25, 0.3) is 6.08 Å². The summed E-state index contributed by atoms with van der Waals surface area (Å²) in [6, 6.07) is 16.3. The van der Waals surface area contributed by atoms with Gasteiger partial charge in [0.05, 0.1) is 23.5 Å². The SMILES string of the molecule is COc1cc(/C=C2\C(=O)NC(=O)N(c3ccc(OCc4ccccc4Cl)cc3)C2=O)cc(I)c1OC. The number of carbonyl (C=O) groups excluding carboxylic acids is 3. The van der Waals surface area contributed by atoms with E-state index in [-0.39, 0.29) is 17.9 Å². The van der Waals surface area contributed by atoms with E-state index in [0.29, 0.717) is 27.8 Å². The van der Waals surface area contributed by atoms with Gasteiger partial charge in [-0.3, -0.25) is 14.9 Å². The summed E-state index contributed by atoms with van der Waals surface area (Å²) in [5, 5.41) is 2.81. The minimum Gasteiger partial charge on any atom is -0.493 e. The number of anilines is 1. The summed E-state index contributed by atoms with van der Waals surface area (Å²) >= 11 is 8.23.